The highest BCUT2D eigenvalue weighted by atomic mass is 35.5. The third kappa shape index (κ3) is 5.31. The summed E-state index contributed by atoms with van der Waals surface area (Å²) in [6.45, 7) is 1.35. The summed E-state index contributed by atoms with van der Waals surface area (Å²) in [5.74, 6) is -0.305. The summed E-state index contributed by atoms with van der Waals surface area (Å²) >= 11 is 12.4. The summed E-state index contributed by atoms with van der Waals surface area (Å²) in [7, 11) is -2.73. The van der Waals surface area contributed by atoms with Crippen molar-refractivity contribution in [3.63, 3.8) is 0 Å². The molecule has 1 amide bonds. The quantitative estimate of drug-likeness (QED) is 0.509. The van der Waals surface area contributed by atoms with E-state index in [1.807, 2.05) is 13.0 Å². The van der Waals surface area contributed by atoms with Crippen molar-refractivity contribution in [2.24, 2.45) is 0 Å². The Morgan fingerprint density at radius 1 is 1.00 bits per heavy atom. The number of nitrogens with one attached hydrogen (secondary N) is 1. The average molecular weight is 479 g/mol. The van der Waals surface area contributed by atoms with E-state index in [2.05, 4.69) is 5.32 Å². The van der Waals surface area contributed by atoms with Gasteiger partial charge in [0.15, 0.2) is 0 Å². The van der Waals surface area contributed by atoms with Crippen molar-refractivity contribution in [3.8, 4) is 5.75 Å². The van der Waals surface area contributed by atoms with Crippen LogP contribution in [0.2, 0.25) is 10.0 Å². The SMILES string of the molecule is COc1cc(N(CC(=O)Nc2ccccc2)S(=O)(=O)c2ccc(C)cc2)c(Cl)cc1Cl. The van der Waals surface area contributed by atoms with Gasteiger partial charge in [0.1, 0.15) is 12.3 Å². The molecule has 0 fully saturated rings. The third-order valence-corrected chi connectivity index (χ3v) is 6.82. The Morgan fingerprint density at radius 3 is 2.26 bits per heavy atom. The van der Waals surface area contributed by atoms with Crippen molar-refractivity contribution in [1.29, 1.82) is 0 Å². The molecule has 6 nitrogen and oxygen atoms in total. The Labute approximate surface area is 191 Å². The van der Waals surface area contributed by atoms with E-state index < -0.39 is 22.5 Å². The number of methoxy groups -OCH3 is 1. The fraction of sp³-hybridized carbons (Fsp3) is 0.136. The van der Waals surface area contributed by atoms with Gasteiger partial charge in [0.05, 0.1) is 27.7 Å². The molecule has 0 aromatic heterocycles. The lowest BCUT2D eigenvalue weighted by Gasteiger charge is -2.25. The zero-order chi connectivity index (χ0) is 22.6. The molecule has 1 N–H and O–H groups in total. The number of anilines is 2. The van der Waals surface area contributed by atoms with Gasteiger partial charge in [0.25, 0.3) is 10.0 Å². The number of ether oxygens (including phenoxy) is 1. The van der Waals surface area contributed by atoms with E-state index in [0.29, 0.717) is 5.69 Å². The van der Waals surface area contributed by atoms with Crippen molar-refractivity contribution >= 4 is 50.5 Å². The summed E-state index contributed by atoms with van der Waals surface area (Å²) in [6.07, 6.45) is 0. The zero-order valence-electron chi connectivity index (χ0n) is 16.8. The van der Waals surface area contributed by atoms with Gasteiger partial charge >= 0.3 is 0 Å². The standard InChI is InChI=1S/C22H20Cl2N2O4S/c1-15-8-10-17(11-9-15)31(28,29)26(14-22(27)25-16-6-4-3-5-7-16)20-13-21(30-2)19(24)12-18(20)23/h3-13H,14H2,1-2H3,(H,25,27). The van der Waals surface area contributed by atoms with Gasteiger partial charge in [-0.3, -0.25) is 9.10 Å². The summed E-state index contributed by atoms with van der Waals surface area (Å²) in [6, 6.07) is 17.8. The highest BCUT2D eigenvalue weighted by Crippen LogP contribution is 2.38. The van der Waals surface area contributed by atoms with E-state index in [1.165, 1.54) is 31.4 Å². The number of carbonyl (C=O) groups excluding carboxylic acids is 1. The average Bonchev–Trinajstić information content (AvgIpc) is 2.73. The molecule has 0 unspecified atom stereocenters. The van der Waals surface area contributed by atoms with Crippen molar-refractivity contribution in [2.45, 2.75) is 11.8 Å². The van der Waals surface area contributed by atoms with Gasteiger partial charge in [-0.15, -0.1) is 0 Å². The zero-order valence-corrected chi connectivity index (χ0v) is 19.1. The van der Waals surface area contributed by atoms with E-state index >= 15 is 0 Å². The fourth-order valence-electron chi connectivity index (χ4n) is 2.86. The minimum atomic E-state index is -4.13. The molecule has 0 aliphatic carbocycles. The van der Waals surface area contributed by atoms with Crippen LogP contribution in [0.25, 0.3) is 0 Å². The van der Waals surface area contributed by atoms with Crippen LogP contribution in [0, 0.1) is 6.92 Å². The van der Waals surface area contributed by atoms with Gasteiger partial charge < -0.3 is 10.1 Å². The predicted molar refractivity (Wildman–Crippen MR) is 124 cm³/mol. The predicted octanol–water partition coefficient (Wildman–Crippen LogP) is 5.14. The van der Waals surface area contributed by atoms with Crippen LogP contribution >= 0.6 is 23.2 Å². The molecule has 0 atom stereocenters. The Hall–Kier alpha value is -2.74. The van der Waals surface area contributed by atoms with Crippen LogP contribution < -0.4 is 14.4 Å². The number of hydrogen-bond donors (Lipinski definition) is 1. The lowest BCUT2D eigenvalue weighted by Crippen LogP contribution is -2.38. The molecule has 3 aromatic carbocycles. The second-order valence-electron chi connectivity index (χ2n) is 6.68. The molecular formula is C22H20Cl2N2O4S. The number of para-hydroxylation sites is 1. The Bertz CT molecular complexity index is 1180. The van der Waals surface area contributed by atoms with Crippen molar-refractivity contribution in [3.05, 3.63) is 82.3 Å². The number of hydrogen-bond acceptors (Lipinski definition) is 4. The molecule has 0 saturated heterocycles. The van der Waals surface area contributed by atoms with Crippen LogP contribution in [0.15, 0.2) is 71.6 Å². The fourth-order valence-corrected chi connectivity index (χ4v) is 4.90. The smallest absolute Gasteiger partial charge is 0.264 e. The van der Waals surface area contributed by atoms with Gasteiger partial charge in [-0.2, -0.15) is 0 Å². The minimum Gasteiger partial charge on any atom is -0.495 e. The number of benzene rings is 3. The summed E-state index contributed by atoms with van der Waals surface area (Å²) in [5.41, 5.74) is 1.52. The molecule has 3 aromatic rings. The number of halogens is 2. The van der Waals surface area contributed by atoms with Crippen LogP contribution in [-0.2, 0) is 14.8 Å². The minimum absolute atomic E-state index is 0.0237. The van der Waals surface area contributed by atoms with E-state index in [4.69, 9.17) is 27.9 Å². The normalized spacial score (nSPS) is 11.1. The molecular weight excluding hydrogens is 459 g/mol. The van der Waals surface area contributed by atoms with Gasteiger partial charge in [-0.25, -0.2) is 8.42 Å². The number of rotatable bonds is 7. The lowest BCUT2D eigenvalue weighted by molar-refractivity contribution is -0.114. The number of aryl methyl sites for hydroxylation is 1. The molecule has 162 valence electrons. The Balaban J connectivity index is 2.06. The molecule has 9 heteroatoms. The molecule has 0 spiro atoms. The second-order valence-corrected chi connectivity index (χ2v) is 9.35. The molecule has 3 rings (SSSR count). The Morgan fingerprint density at radius 2 is 1.65 bits per heavy atom. The summed E-state index contributed by atoms with van der Waals surface area (Å²) < 4.78 is 33.1. The van der Waals surface area contributed by atoms with Crippen molar-refractivity contribution in [1.82, 2.24) is 0 Å². The van der Waals surface area contributed by atoms with Gasteiger partial charge in [-0.1, -0.05) is 59.1 Å². The highest BCUT2D eigenvalue weighted by molar-refractivity contribution is 7.92. The van der Waals surface area contributed by atoms with Crippen molar-refractivity contribution in [2.75, 3.05) is 23.3 Å². The monoisotopic (exact) mass is 478 g/mol. The molecule has 0 radical (unpaired) electrons. The van der Waals surface area contributed by atoms with Crippen molar-refractivity contribution < 1.29 is 17.9 Å². The molecule has 0 aliphatic heterocycles. The van der Waals surface area contributed by atoms with Crippen LogP contribution in [0.1, 0.15) is 5.56 Å². The number of carbonyl (C=O) groups is 1. The van der Waals surface area contributed by atoms with Crippen LogP contribution in [0.3, 0.4) is 0 Å². The first-order valence-electron chi connectivity index (χ1n) is 9.19. The van der Waals surface area contributed by atoms with E-state index in [9.17, 15) is 13.2 Å². The van der Waals surface area contributed by atoms with E-state index in [-0.39, 0.29) is 26.4 Å². The topological polar surface area (TPSA) is 75.7 Å². The molecule has 0 heterocycles. The van der Waals surface area contributed by atoms with Gasteiger partial charge in [0, 0.05) is 11.8 Å². The number of nitrogens with zero attached hydrogens (tertiary/aromatic N) is 1. The first kappa shape index (κ1) is 22.9. The summed E-state index contributed by atoms with van der Waals surface area (Å²) in [5, 5.41) is 2.97. The maximum atomic E-state index is 13.5. The van der Waals surface area contributed by atoms with Gasteiger partial charge in [0.2, 0.25) is 5.91 Å². The molecule has 0 aliphatic rings. The van der Waals surface area contributed by atoms with Gasteiger partial charge in [-0.05, 0) is 37.3 Å². The van der Waals surface area contributed by atoms with E-state index in [1.54, 1.807) is 36.4 Å². The molecule has 31 heavy (non-hydrogen) atoms. The molecule has 0 bridgehead atoms. The number of sulfonamides is 1. The third-order valence-electron chi connectivity index (χ3n) is 4.44. The first-order valence-corrected chi connectivity index (χ1v) is 11.4. The van der Waals surface area contributed by atoms with E-state index in [0.717, 1.165) is 9.87 Å². The second kappa shape index (κ2) is 9.60. The van der Waals surface area contributed by atoms with Crippen LogP contribution in [0.4, 0.5) is 11.4 Å². The van der Waals surface area contributed by atoms with Crippen LogP contribution in [0.5, 0.6) is 5.75 Å². The maximum absolute atomic E-state index is 13.5. The maximum Gasteiger partial charge on any atom is 0.264 e. The largest absolute Gasteiger partial charge is 0.495 e. The first-order chi connectivity index (χ1) is 14.7. The Kier molecular flexibility index (Phi) is 7.10. The van der Waals surface area contributed by atoms with Crippen LogP contribution in [-0.4, -0.2) is 28.0 Å². The highest BCUT2D eigenvalue weighted by Gasteiger charge is 2.29. The number of amides is 1. The lowest BCUT2D eigenvalue weighted by atomic mass is 10.2. The molecule has 0 saturated carbocycles. The summed E-state index contributed by atoms with van der Waals surface area (Å²) in [4.78, 5) is 12.8.